The molecule has 110 valence electrons. The Morgan fingerprint density at radius 1 is 1.50 bits per heavy atom. The van der Waals surface area contributed by atoms with Crippen LogP contribution in [-0.2, 0) is 12.5 Å². The zero-order valence-corrected chi connectivity index (χ0v) is 12.2. The Bertz CT molecular complexity index is 933. The van der Waals surface area contributed by atoms with Gasteiger partial charge in [0.15, 0.2) is 5.65 Å². The summed E-state index contributed by atoms with van der Waals surface area (Å²) in [6, 6.07) is 5.55. The fraction of sp³-hybridized carbons (Fsp3) is 0.333. The molecule has 0 spiro atoms. The van der Waals surface area contributed by atoms with E-state index >= 15 is 0 Å². The van der Waals surface area contributed by atoms with Gasteiger partial charge >= 0.3 is 0 Å². The first kappa shape index (κ1) is 13.0. The Kier molecular flexibility index (Phi) is 2.43. The molecule has 0 radical (unpaired) electrons. The van der Waals surface area contributed by atoms with Crippen LogP contribution in [0.3, 0.4) is 0 Å². The summed E-state index contributed by atoms with van der Waals surface area (Å²) in [6.45, 7) is 2.04. The van der Waals surface area contributed by atoms with Crippen molar-refractivity contribution in [2.45, 2.75) is 24.7 Å². The summed E-state index contributed by atoms with van der Waals surface area (Å²) in [5, 5.41) is 17.7. The second-order valence-corrected chi connectivity index (χ2v) is 5.86. The molecule has 6 nitrogen and oxygen atoms in total. The third kappa shape index (κ3) is 1.49. The lowest BCUT2D eigenvalue weighted by Crippen LogP contribution is -2.27. The number of aromatic nitrogens is 5. The van der Waals surface area contributed by atoms with E-state index in [4.69, 9.17) is 0 Å². The normalized spacial score (nSPS) is 23.6. The lowest BCUT2D eigenvalue weighted by atomic mass is 9.83. The van der Waals surface area contributed by atoms with Gasteiger partial charge in [0.25, 0.3) is 0 Å². The third-order valence-corrected chi connectivity index (χ3v) is 4.53. The van der Waals surface area contributed by atoms with Crippen LogP contribution in [-0.4, -0.2) is 24.4 Å². The molecule has 0 bridgehead atoms. The van der Waals surface area contributed by atoms with Crippen LogP contribution in [0, 0.1) is 17.3 Å². The number of hydrogen-bond donors (Lipinski definition) is 0. The summed E-state index contributed by atoms with van der Waals surface area (Å²) < 4.78 is 16.9. The molecule has 2 atom stereocenters. The standard InChI is InChI=1S/C15H13FN6/c1-15(11-3-4-19-21(11)2)6-9(7-17)10-8-18-13-5-12(16)20-22(13)14(10)15/h3-5,8-9H,6H2,1-2H3. The maximum absolute atomic E-state index is 13.6. The molecular formula is C15H13FN6. The number of aryl methyl sites for hydroxylation is 1. The van der Waals surface area contributed by atoms with Gasteiger partial charge in [0.05, 0.1) is 23.1 Å². The molecule has 0 fully saturated rings. The second-order valence-electron chi connectivity index (χ2n) is 5.86. The molecule has 0 aliphatic heterocycles. The highest BCUT2D eigenvalue weighted by atomic mass is 19.1. The van der Waals surface area contributed by atoms with E-state index in [1.165, 1.54) is 10.6 Å². The average Bonchev–Trinajstić information content (AvgIpc) is 3.14. The van der Waals surface area contributed by atoms with E-state index in [-0.39, 0.29) is 5.92 Å². The Hall–Kier alpha value is -2.75. The molecule has 2 unspecified atom stereocenters. The van der Waals surface area contributed by atoms with Crippen molar-refractivity contribution in [2.24, 2.45) is 7.05 Å². The van der Waals surface area contributed by atoms with Gasteiger partial charge in [0.1, 0.15) is 0 Å². The van der Waals surface area contributed by atoms with Crippen molar-refractivity contribution < 1.29 is 4.39 Å². The van der Waals surface area contributed by atoms with Crippen molar-refractivity contribution in [3.05, 3.63) is 47.4 Å². The third-order valence-electron chi connectivity index (χ3n) is 4.53. The van der Waals surface area contributed by atoms with Crippen LogP contribution in [0.4, 0.5) is 4.39 Å². The van der Waals surface area contributed by atoms with Gasteiger partial charge in [-0.15, -0.1) is 5.10 Å². The Labute approximate surface area is 125 Å². The second kappa shape index (κ2) is 4.13. The molecule has 22 heavy (non-hydrogen) atoms. The first-order valence-corrected chi connectivity index (χ1v) is 6.97. The molecule has 3 heterocycles. The molecule has 0 saturated carbocycles. The van der Waals surface area contributed by atoms with Crippen LogP contribution in [0.5, 0.6) is 0 Å². The van der Waals surface area contributed by atoms with E-state index in [0.717, 1.165) is 17.0 Å². The van der Waals surface area contributed by atoms with Crippen LogP contribution in [0.1, 0.15) is 36.2 Å². The molecule has 3 aromatic heterocycles. The van der Waals surface area contributed by atoms with E-state index in [2.05, 4.69) is 21.3 Å². The highest BCUT2D eigenvalue weighted by Crippen LogP contribution is 2.49. The van der Waals surface area contributed by atoms with Gasteiger partial charge in [-0.25, -0.2) is 9.50 Å². The summed E-state index contributed by atoms with van der Waals surface area (Å²) >= 11 is 0. The Balaban J connectivity index is 2.09. The number of nitrogens with zero attached hydrogens (tertiary/aromatic N) is 6. The molecule has 0 aromatic carbocycles. The molecule has 0 saturated heterocycles. The summed E-state index contributed by atoms with van der Waals surface area (Å²) in [5.74, 6) is -0.868. The maximum Gasteiger partial charge on any atom is 0.235 e. The minimum atomic E-state index is -0.575. The number of rotatable bonds is 1. The number of halogens is 1. The van der Waals surface area contributed by atoms with E-state index in [0.29, 0.717) is 12.1 Å². The van der Waals surface area contributed by atoms with Gasteiger partial charge in [-0.1, -0.05) is 0 Å². The van der Waals surface area contributed by atoms with Crippen LogP contribution < -0.4 is 0 Å². The molecule has 1 aliphatic rings. The molecule has 7 heteroatoms. The smallest absolute Gasteiger partial charge is 0.235 e. The number of hydrogen-bond acceptors (Lipinski definition) is 4. The maximum atomic E-state index is 13.6. The van der Waals surface area contributed by atoms with E-state index in [9.17, 15) is 9.65 Å². The first-order chi connectivity index (χ1) is 10.5. The van der Waals surface area contributed by atoms with Crippen LogP contribution in [0.15, 0.2) is 24.5 Å². The van der Waals surface area contributed by atoms with E-state index in [1.807, 2.05) is 20.0 Å². The minimum absolute atomic E-state index is 0.293. The van der Waals surface area contributed by atoms with Crippen LogP contribution >= 0.6 is 0 Å². The van der Waals surface area contributed by atoms with Crippen molar-refractivity contribution in [3.63, 3.8) is 0 Å². The predicted molar refractivity (Wildman–Crippen MR) is 75.6 cm³/mol. The van der Waals surface area contributed by atoms with Gasteiger partial charge in [-0.05, 0) is 19.4 Å². The van der Waals surface area contributed by atoms with E-state index < -0.39 is 11.4 Å². The lowest BCUT2D eigenvalue weighted by Gasteiger charge is -2.25. The average molecular weight is 296 g/mol. The van der Waals surface area contributed by atoms with Gasteiger partial charge in [0, 0.05) is 36.8 Å². The van der Waals surface area contributed by atoms with Crippen molar-refractivity contribution in [2.75, 3.05) is 0 Å². The van der Waals surface area contributed by atoms with Gasteiger partial charge in [-0.2, -0.15) is 14.8 Å². The van der Waals surface area contributed by atoms with E-state index in [1.54, 1.807) is 17.1 Å². The Morgan fingerprint density at radius 2 is 2.32 bits per heavy atom. The number of fused-ring (bicyclic) bond motifs is 3. The topological polar surface area (TPSA) is 71.8 Å². The Morgan fingerprint density at radius 3 is 3.00 bits per heavy atom. The highest BCUT2D eigenvalue weighted by Gasteiger charge is 2.46. The summed E-state index contributed by atoms with van der Waals surface area (Å²) in [7, 11) is 1.86. The summed E-state index contributed by atoms with van der Waals surface area (Å²) in [5.41, 5.74) is 2.57. The molecule has 0 amide bonds. The first-order valence-electron chi connectivity index (χ1n) is 6.97. The summed E-state index contributed by atoms with van der Waals surface area (Å²) in [6.07, 6.45) is 3.99. The van der Waals surface area contributed by atoms with Gasteiger partial charge in [-0.3, -0.25) is 4.68 Å². The fourth-order valence-corrected chi connectivity index (χ4v) is 3.60. The van der Waals surface area contributed by atoms with Gasteiger partial charge in [0.2, 0.25) is 5.95 Å². The molecular weight excluding hydrogens is 283 g/mol. The molecule has 1 aliphatic carbocycles. The minimum Gasteiger partial charge on any atom is -0.272 e. The molecule has 3 aromatic rings. The zero-order chi connectivity index (χ0) is 15.5. The quantitative estimate of drug-likeness (QED) is 0.687. The SMILES string of the molecule is Cn1nccc1C1(C)CC(C#N)c2cnc3cc(F)nn3c21. The van der Waals surface area contributed by atoms with Crippen molar-refractivity contribution in [1.82, 2.24) is 24.4 Å². The highest BCUT2D eigenvalue weighted by molar-refractivity contribution is 5.51. The van der Waals surface area contributed by atoms with Crippen LogP contribution in [0.25, 0.3) is 5.65 Å². The van der Waals surface area contributed by atoms with Crippen LogP contribution in [0.2, 0.25) is 0 Å². The summed E-state index contributed by atoms with van der Waals surface area (Å²) in [4.78, 5) is 4.23. The fourth-order valence-electron chi connectivity index (χ4n) is 3.60. The van der Waals surface area contributed by atoms with Crippen molar-refractivity contribution in [3.8, 4) is 6.07 Å². The molecule has 4 rings (SSSR count). The number of nitriles is 1. The molecule has 0 N–H and O–H groups in total. The zero-order valence-electron chi connectivity index (χ0n) is 12.2. The monoisotopic (exact) mass is 296 g/mol. The van der Waals surface area contributed by atoms with Crippen molar-refractivity contribution in [1.29, 1.82) is 5.26 Å². The largest absolute Gasteiger partial charge is 0.272 e. The van der Waals surface area contributed by atoms with Gasteiger partial charge < -0.3 is 0 Å². The lowest BCUT2D eigenvalue weighted by molar-refractivity contribution is 0.474. The van der Waals surface area contributed by atoms with Crippen molar-refractivity contribution >= 4 is 5.65 Å². The predicted octanol–water partition coefficient (Wildman–Crippen LogP) is 1.92.